The Labute approximate surface area is 126 Å². The molecule has 2 N–H and O–H groups in total. The summed E-state index contributed by atoms with van der Waals surface area (Å²) in [6.45, 7) is 0.137. The third-order valence-electron chi connectivity index (χ3n) is 2.90. The van der Waals surface area contributed by atoms with Gasteiger partial charge in [-0.2, -0.15) is 0 Å². The molecule has 1 heterocycles. The molecule has 0 spiro atoms. The van der Waals surface area contributed by atoms with E-state index in [1.807, 2.05) is 17.5 Å². The van der Waals surface area contributed by atoms with Crippen LogP contribution in [0.25, 0.3) is 0 Å². The van der Waals surface area contributed by atoms with E-state index in [2.05, 4.69) is 10.1 Å². The number of methoxy groups -OCH3 is 1. The Morgan fingerprint density at radius 3 is 2.48 bits per heavy atom. The quantitative estimate of drug-likeness (QED) is 0.828. The molecule has 6 heteroatoms. The zero-order chi connectivity index (χ0) is 15.2. The number of nitrogens with one attached hydrogen (secondary N) is 1. The molecule has 1 unspecified atom stereocenters. The number of aliphatic hydroxyl groups excluding tert-OH is 1. The lowest BCUT2D eigenvalue weighted by atomic mass is 10.1. The normalized spacial score (nSPS) is 11.7. The van der Waals surface area contributed by atoms with Crippen LogP contribution in [0.1, 0.15) is 31.7 Å². The first kappa shape index (κ1) is 15.2. The van der Waals surface area contributed by atoms with Crippen LogP contribution in [0.3, 0.4) is 0 Å². The van der Waals surface area contributed by atoms with Crippen LogP contribution in [-0.4, -0.2) is 30.6 Å². The van der Waals surface area contributed by atoms with E-state index in [0.29, 0.717) is 11.1 Å². The summed E-state index contributed by atoms with van der Waals surface area (Å²) >= 11 is 1.43. The number of thiophene rings is 1. The van der Waals surface area contributed by atoms with Gasteiger partial charge in [-0.15, -0.1) is 11.3 Å². The fraction of sp³-hybridized carbons (Fsp3) is 0.200. The molecule has 0 radical (unpaired) electrons. The lowest BCUT2D eigenvalue weighted by Gasteiger charge is -2.10. The number of carbonyl (C=O) groups is 2. The Morgan fingerprint density at radius 1 is 1.24 bits per heavy atom. The Balaban J connectivity index is 1.93. The number of esters is 1. The molecule has 2 aromatic rings. The second-order valence-corrected chi connectivity index (χ2v) is 5.29. The number of hydrogen-bond donors (Lipinski definition) is 2. The summed E-state index contributed by atoms with van der Waals surface area (Å²) in [5.41, 5.74) is 0.800. The summed E-state index contributed by atoms with van der Waals surface area (Å²) in [5, 5.41) is 14.4. The first-order valence-electron chi connectivity index (χ1n) is 6.30. The molecule has 5 nitrogen and oxygen atoms in total. The van der Waals surface area contributed by atoms with Crippen LogP contribution in [-0.2, 0) is 4.74 Å². The van der Waals surface area contributed by atoms with Crippen LogP contribution in [0.15, 0.2) is 41.8 Å². The molecule has 0 aliphatic carbocycles. The van der Waals surface area contributed by atoms with Gasteiger partial charge < -0.3 is 15.2 Å². The lowest BCUT2D eigenvalue weighted by molar-refractivity contribution is 0.0600. The number of rotatable bonds is 5. The third-order valence-corrected chi connectivity index (χ3v) is 3.87. The molecule has 0 fully saturated rings. The maximum absolute atomic E-state index is 11.9. The van der Waals surface area contributed by atoms with Gasteiger partial charge >= 0.3 is 5.97 Å². The van der Waals surface area contributed by atoms with Gasteiger partial charge in [0.05, 0.1) is 12.7 Å². The predicted molar refractivity (Wildman–Crippen MR) is 79.4 cm³/mol. The van der Waals surface area contributed by atoms with Crippen molar-refractivity contribution in [3.8, 4) is 0 Å². The fourth-order valence-corrected chi connectivity index (χ4v) is 2.46. The highest BCUT2D eigenvalue weighted by Crippen LogP contribution is 2.17. The highest BCUT2D eigenvalue weighted by molar-refractivity contribution is 7.10. The summed E-state index contributed by atoms with van der Waals surface area (Å²) in [5.74, 6) is -0.753. The lowest BCUT2D eigenvalue weighted by Crippen LogP contribution is -2.28. The maximum Gasteiger partial charge on any atom is 0.337 e. The third kappa shape index (κ3) is 3.90. The summed E-state index contributed by atoms with van der Waals surface area (Å²) in [7, 11) is 1.30. The molecule has 0 aliphatic rings. The number of hydrogen-bond acceptors (Lipinski definition) is 5. The van der Waals surface area contributed by atoms with Crippen molar-refractivity contribution in [1.29, 1.82) is 0 Å². The molecule has 1 atom stereocenters. The van der Waals surface area contributed by atoms with Crippen LogP contribution in [0.2, 0.25) is 0 Å². The Kier molecular flexibility index (Phi) is 5.08. The molecular weight excluding hydrogens is 290 g/mol. The predicted octanol–water partition coefficient (Wildman–Crippen LogP) is 2.00. The highest BCUT2D eigenvalue weighted by atomic mass is 32.1. The van der Waals surface area contributed by atoms with E-state index in [1.165, 1.54) is 30.6 Å². The van der Waals surface area contributed by atoms with Crippen molar-refractivity contribution < 1.29 is 19.4 Å². The smallest absolute Gasteiger partial charge is 0.337 e. The Hall–Kier alpha value is -2.18. The van der Waals surface area contributed by atoms with Crippen LogP contribution in [0.4, 0.5) is 0 Å². The zero-order valence-corrected chi connectivity index (χ0v) is 12.2. The molecule has 110 valence electrons. The molecule has 21 heavy (non-hydrogen) atoms. The van der Waals surface area contributed by atoms with Gasteiger partial charge in [0.2, 0.25) is 0 Å². The van der Waals surface area contributed by atoms with Gasteiger partial charge in [0, 0.05) is 17.0 Å². The maximum atomic E-state index is 11.9. The topological polar surface area (TPSA) is 75.6 Å². The largest absolute Gasteiger partial charge is 0.465 e. The Bertz CT molecular complexity index is 607. The van der Waals surface area contributed by atoms with Crippen molar-refractivity contribution in [2.75, 3.05) is 13.7 Å². The zero-order valence-electron chi connectivity index (χ0n) is 11.4. The molecule has 0 aliphatic heterocycles. The van der Waals surface area contributed by atoms with Gasteiger partial charge in [0.25, 0.3) is 5.91 Å². The SMILES string of the molecule is COC(=O)c1ccc(C(=O)NCC(O)c2cccs2)cc1. The highest BCUT2D eigenvalue weighted by Gasteiger charge is 2.12. The number of benzene rings is 1. The second-order valence-electron chi connectivity index (χ2n) is 4.31. The first-order valence-corrected chi connectivity index (χ1v) is 7.18. The second kappa shape index (κ2) is 7.01. The van der Waals surface area contributed by atoms with Gasteiger partial charge in [-0.1, -0.05) is 6.07 Å². The molecule has 2 rings (SSSR count). The van der Waals surface area contributed by atoms with E-state index in [4.69, 9.17) is 0 Å². The van der Waals surface area contributed by atoms with Crippen molar-refractivity contribution in [1.82, 2.24) is 5.32 Å². The first-order chi connectivity index (χ1) is 10.1. The average Bonchev–Trinajstić information content (AvgIpc) is 3.06. The Morgan fingerprint density at radius 2 is 1.90 bits per heavy atom. The van der Waals surface area contributed by atoms with E-state index in [9.17, 15) is 14.7 Å². The molecule has 1 aromatic carbocycles. The van der Waals surface area contributed by atoms with Crippen LogP contribution in [0.5, 0.6) is 0 Å². The van der Waals surface area contributed by atoms with Crippen molar-refractivity contribution >= 4 is 23.2 Å². The molecule has 0 saturated carbocycles. The number of carbonyl (C=O) groups excluding carboxylic acids is 2. The van der Waals surface area contributed by atoms with Gasteiger partial charge in [0.15, 0.2) is 0 Å². The summed E-state index contributed by atoms with van der Waals surface area (Å²) < 4.78 is 4.59. The van der Waals surface area contributed by atoms with Crippen LogP contribution >= 0.6 is 11.3 Å². The van der Waals surface area contributed by atoms with E-state index in [0.717, 1.165) is 4.88 Å². The van der Waals surface area contributed by atoms with Crippen molar-refractivity contribution in [2.45, 2.75) is 6.10 Å². The molecule has 1 amide bonds. The van der Waals surface area contributed by atoms with Gasteiger partial charge in [-0.05, 0) is 35.7 Å². The van der Waals surface area contributed by atoms with Gasteiger partial charge in [-0.3, -0.25) is 4.79 Å². The number of amides is 1. The molecular formula is C15H15NO4S. The molecule has 0 bridgehead atoms. The standard InChI is InChI=1S/C15H15NO4S/c1-20-15(19)11-6-4-10(5-7-11)14(18)16-9-12(17)13-3-2-8-21-13/h2-8,12,17H,9H2,1H3,(H,16,18). The van der Waals surface area contributed by atoms with Crippen molar-refractivity contribution in [2.24, 2.45) is 0 Å². The van der Waals surface area contributed by atoms with Crippen LogP contribution in [0, 0.1) is 0 Å². The fourth-order valence-electron chi connectivity index (χ4n) is 1.75. The monoisotopic (exact) mass is 305 g/mol. The van der Waals surface area contributed by atoms with E-state index >= 15 is 0 Å². The van der Waals surface area contributed by atoms with Gasteiger partial charge in [0.1, 0.15) is 6.10 Å². The minimum Gasteiger partial charge on any atom is -0.465 e. The molecule has 1 aromatic heterocycles. The number of ether oxygens (including phenoxy) is 1. The van der Waals surface area contributed by atoms with E-state index in [1.54, 1.807) is 12.1 Å². The minimum absolute atomic E-state index is 0.137. The number of aliphatic hydroxyl groups is 1. The van der Waals surface area contributed by atoms with E-state index < -0.39 is 12.1 Å². The average molecular weight is 305 g/mol. The van der Waals surface area contributed by atoms with Crippen LogP contribution < -0.4 is 5.32 Å². The summed E-state index contributed by atoms with van der Waals surface area (Å²) in [6.07, 6.45) is -0.719. The minimum atomic E-state index is -0.719. The van der Waals surface area contributed by atoms with Crippen molar-refractivity contribution in [3.63, 3.8) is 0 Å². The van der Waals surface area contributed by atoms with E-state index in [-0.39, 0.29) is 12.5 Å². The molecule has 0 saturated heterocycles. The van der Waals surface area contributed by atoms with Crippen molar-refractivity contribution in [3.05, 3.63) is 57.8 Å². The van der Waals surface area contributed by atoms with Gasteiger partial charge in [-0.25, -0.2) is 4.79 Å². The summed E-state index contributed by atoms with van der Waals surface area (Å²) in [6, 6.07) is 9.79. The summed E-state index contributed by atoms with van der Waals surface area (Å²) in [4.78, 5) is 24.0.